The molecule has 2 N–H and O–H groups in total. The number of halogens is 1. The van der Waals surface area contributed by atoms with Crippen molar-refractivity contribution in [2.24, 2.45) is 4.99 Å². The van der Waals surface area contributed by atoms with Gasteiger partial charge in [0.2, 0.25) is 0 Å². The summed E-state index contributed by atoms with van der Waals surface area (Å²) in [5.41, 5.74) is 0.794. The molecule has 2 aliphatic rings. The van der Waals surface area contributed by atoms with Crippen molar-refractivity contribution in [2.45, 2.75) is 18.9 Å². The van der Waals surface area contributed by atoms with Gasteiger partial charge in [0, 0.05) is 26.2 Å². The van der Waals surface area contributed by atoms with E-state index in [9.17, 15) is 13.2 Å². The molecule has 0 aliphatic carbocycles. The minimum Gasteiger partial charge on any atom is -0.482 e. The molecule has 150 valence electrons. The fourth-order valence-electron chi connectivity index (χ4n) is 3.14. The van der Waals surface area contributed by atoms with Crippen LogP contribution in [-0.2, 0) is 14.6 Å². The number of amides is 1. The Morgan fingerprint density at radius 2 is 2.15 bits per heavy atom. The number of hydrogen-bond acceptors (Lipinski definition) is 5. The average Bonchev–Trinajstić information content (AvgIpc) is 2.97. The van der Waals surface area contributed by atoms with Crippen LogP contribution in [0.25, 0.3) is 0 Å². The van der Waals surface area contributed by atoms with Crippen LogP contribution in [0.15, 0.2) is 29.3 Å². The Morgan fingerprint density at radius 3 is 2.85 bits per heavy atom. The lowest BCUT2D eigenvalue weighted by Crippen LogP contribution is -2.45. The number of guanidine groups is 1. The summed E-state index contributed by atoms with van der Waals surface area (Å²) in [7, 11) is -1.27. The van der Waals surface area contributed by atoms with E-state index in [1.165, 1.54) is 0 Å². The Labute approximate surface area is 176 Å². The van der Waals surface area contributed by atoms with E-state index in [1.807, 2.05) is 24.3 Å². The van der Waals surface area contributed by atoms with Gasteiger partial charge in [-0.05, 0) is 25.0 Å². The number of anilines is 1. The van der Waals surface area contributed by atoms with Crippen LogP contribution in [0.3, 0.4) is 0 Å². The molecule has 0 saturated carbocycles. The summed E-state index contributed by atoms with van der Waals surface area (Å²) in [6, 6.07) is 7.40. The van der Waals surface area contributed by atoms with Gasteiger partial charge in [0.15, 0.2) is 22.4 Å². The number of hydrogen-bond donors (Lipinski definition) is 2. The quantitative estimate of drug-likeness (QED) is 0.264. The molecule has 0 spiro atoms. The van der Waals surface area contributed by atoms with Crippen LogP contribution in [0.2, 0.25) is 0 Å². The number of para-hydroxylation sites is 2. The van der Waals surface area contributed by atoms with Crippen LogP contribution >= 0.6 is 24.0 Å². The topological polar surface area (TPSA) is 100 Å². The molecule has 2 aliphatic heterocycles. The van der Waals surface area contributed by atoms with Crippen LogP contribution in [-0.4, -0.2) is 64.6 Å². The third kappa shape index (κ3) is 5.71. The molecule has 1 aromatic rings. The van der Waals surface area contributed by atoms with Crippen molar-refractivity contribution < 1.29 is 17.9 Å². The Bertz CT molecular complexity index is 800. The Balaban J connectivity index is 0.00000261. The molecule has 10 heteroatoms. The van der Waals surface area contributed by atoms with Gasteiger partial charge in [-0.15, -0.1) is 24.0 Å². The SMILES string of the molecule is CN=C(NCCCN1C(=O)COc2ccccc21)NC1CCS(=O)(=O)C1.I. The zero-order valence-corrected chi connectivity index (χ0v) is 18.3. The highest BCUT2D eigenvalue weighted by Gasteiger charge is 2.28. The van der Waals surface area contributed by atoms with E-state index in [-0.39, 0.29) is 54.0 Å². The van der Waals surface area contributed by atoms with Gasteiger partial charge in [0.1, 0.15) is 5.75 Å². The minimum absolute atomic E-state index is 0. The number of carbonyl (C=O) groups excluding carboxylic acids is 1. The summed E-state index contributed by atoms with van der Waals surface area (Å²) in [4.78, 5) is 18.0. The van der Waals surface area contributed by atoms with Gasteiger partial charge < -0.3 is 20.3 Å². The van der Waals surface area contributed by atoms with E-state index in [4.69, 9.17) is 4.74 Å². The maximum absolute atomic E-state index is 12.1. The standard InChI is InChI=1S/C17H24N4O4S.HI/c1-18-17(20-13-7-10-26(23,24)12-13)19-8-4-9-21-14-5-2-3-6-15(14)25-11-16(21)22;/h2-3,5-6,13H,4,7-12H2,1H3,(H2,18,19,20);1H. The average molecular weight is 508 g/mol. The lowest BCUT2D eigenvalue weighted by atomic mass is 10.2. The van der Waals surface area contributed by atoms with Crippen molar-refractivity contribution in [3.05, 3.63) is 24.3 Å². The number of fused-ring (bicyclic) bond motifs is 1. The number of rotatable bonds is 5. The largest absolute Gasteiger partial charge is 0.482 e. The summed E-state index contributed by atoms with van der Waals surface area (Å²) in [6.07, 6.45) is 1.33. The number of benzene rings is 1. The first-order valence-corrected chi connectivity index (χ1v) is 10.5. The van der Waals surface area contributed by atoms with Crippen molar-refractivity contribution in [1.29, 1.82) is 0 Å². The van der Waals surface area contributed by atoms with Gasteiger partial charge in [0.25, 0.3) is 5.91 Å². The van der Waals surface area contributed by atoms with E-state index in [0.717, 1.165) is 17.9 Å². The summed E-state index contributed by atoms with van der Waals surface area (Å²) in [5, 5.41) is 6.32. The molecule has 1 amide bonds. The Morgan fingerprint density at radius 1 is 1.37 bits per heavy atom. The van der Waals surface area contributed by atoms with Gasteiger partial charge >= 0.3 is 0 Å². The molecule has 0 aromatic heterocycles. The third-order valence-corrected chi connectivity index (χ3v) is 6.22. The molecule has 0 bridgehead atoms. The molecular weight excluding hydrogens is 483 g/mol. The molecular formula is C17H25IN4O4S. The summed E-state index contributed by atoms with van der Waals surface area (Å²) in [6.45, 7) is 1.25. The van der Waals surface area contributed by atoms with Gasteiger partial charge in [-0.1, -0.05) is 12.1 Å². The molecule has 1 fully saturated rings. The summed E-state index contributed by atoms with van der Waals surface area (Å²) < 4.78 is 28.5. The van der Waals surface area contributed by atoms with E-state index in [1.54, 1.807) is 11.9 Å². The molecule has 0 radical (unpaired) electrons. The van der Waals surface area contributed by atoms with Crippen molar-refractivity contribution in [3.63, 3.8) is 0 Å². The Kier molecular flexibility index (Phi) is 7.71. The molecule has 27 heavy (non-hydrogen) atoms. The summed E-state index contributed by atoms with van der Waals surface area (Å²) in [5.74, 6) is 1.62. The number of nitrogens with zero attached hydrogens (tertiary/aromatic N) is 2. The highest BCUT2D eigenvalue weighted by molar-refractivity contribution is 14.0. The van der Waals surface area contributed by atoms with Crippen molar-refractivity contribution >= 4 is 51.4 Å². The molecule has 3 rings (SSSR count). The van der Waals surface area contributed by atoms with Gasteiger partial charge in [-0.25, -0.2) is 8.42 Å². The second-order valence-electron chi connectivity index (χ2n) is 6.40. The van der Waals surface area contributed by atoms with Crippen LogP contribution in [0.5, 0.6) is 5.75 Å². The van der Waals surface area contributed by atoms with Crippen LogP contribution in [0, 0.1) is 0 Å². The minimum atomic E-state index is -2.92. The molecule has 1 atom stereocenters. The number of aliphatic imine (C=N–C) groups is 1. The number of nitrogens with one attached hydrogen (secondary N) is 2. The van der Waals surface area contributed by atoms with E-state index < -0.39 is 9.84 Å². The smallest absolute Gasteiger partial charge is 0.265 e. The second kappa shape index (κ2) is 9.58. The highest BCUT2D eigenvalue weighted by atomic mass is 127. The predicted octanol–water partition coefficient (Wildman–Crippen LogP) is 0.772. The normalized spacial score (nSPS) is 21.1. The number of ether oxygens (including phenoxy) is 1. The lowest BCUT2D eigenvalue weighted by Gasteiger charge is -2.29. The molecule has 1 aromatic carbocycles. The second-order valence-corrected chi connectivity index (χ2v) is 8.63. The Hall–Kier alpha value is -1.56. The summed E-state index contributed by atoms with van der Waals surface area (Å²) >= 11 is 0. The first-order chi connectivity index (χ1) is 12.5. The zero-order chi connectivity index (χ0) is 18.6. The van der Waals surface area contributed by atoms with Crippen molar-refractivity contribution in [1.82, 2.24) is 10.6 Å². The van der Waals surface area contributed by atoms with Gasteiger partial charge in [0.05, 0.1) is 17.2 Å². The monoisotopic (exact) mass is 508 g/mol. The maximum atomic E-state index is 12.1. The van der Waals surface area contributed by atoms with Gasteiger partial charge in [-0.3, -0.25) is 9.79 Å². The number of carbonyl (C=O) groups is 1. The van der Waals surface area contributed by atoms with Crippen molar-refractivity contribution in [3.8, 4) is 5.75 Å². The van der Waals surface area contributed by atoms with Gasteiger partial charge in [-0.2, -0.15) is 0 Å². The van der Waals surface area contributed by atoms with Crippen molar-refractivity contribution in [2.75, 3.05) is 43.1 Å². The first kappa shape index (κ1) is 21.7. The first-order valence-electron chi connectivity index (χ1n) is 8.68. The lowest BCUT2D eigenvalue weighted by molar-refractivity contribution is -0.121. The van der Waals surface area contributed by atoms with Crippen LogP contribution in [0.4, 0.5) is 5.69 Å². The predicted molar refractivity (Wildman–Crippen MR) is 116 cm³/mol. The molecule has 1 unspecified atom stereocenters. The van der Waals surface area contributed by atoms with E-state index in [2.05, 4.69) is 15.6 Å². The third-order valence-electron chi connectivity index (χ3n) is 4.46. The van der Waals surface area contributed by atoms with Crippen LogP contribution < -0.4 is 20.3 Å². The molecule has 1 saturated heterocycles. The van der Waals surface area contributed by atoms with E-state index in [0.29, 0.717) is 25.5 Å². The molecule has 2 heterocycles. The highest BCUT2D eigenvalue weighted by Crippen LogP contribution is 2.31. The zero-order valence-electron chi connectivity index (χ0n) is 15.2. The van der Waals surface area contributed by atoms with Crippen LogP contribution in [0.1, 0.15) is 12.8 Å². The van der Waals surface area contributed by atoms with E-state index >= 15 is 0 Å². The fraction of sp³-hybridized carbons (Fsp3) is 0.529. The molecule has 8 nitrogen and oxygen atoms in total. The fourth-order valence-corrected chi connectivity index (χ4v) is 4.81. The number of sulfone groups is 1. The maximum Gasteiger partial charge on any atom is 0.265 e.